The van der Waals surface area contributed by atoms with Crippen LogP contribution in [0.4, 0.5) is 0 Å². The lowest BCUT2D eigenvalue weighted by atomic mass is 10.2. The number of aromatic nitrogens is 2. The van der Waals surface area contributed by atoms with Crippen molar-refractivity contribution in [2.75, 3.05) is 25.4 Å². The maximum Gasteiger partial charge on any atom is 0.233 e. The van der Waals surface area contributed by atoms with Crippen molar-refractivity contribution in [2.45, 2.75) is 37.4 Å². The highest BCUT2D eigenvalue weighted by Crippen LogP contribution is 2.25. The molecule has 0 unspecified atom stereocenters. The predicted octanol–water partition coefficient (Wildman–Crippen LogP) is 4.61. The molecule has 2 aromatic carbocycles. The van der Waals surface area contributed by atoms with Crippen LogP contribution in [0.15, 0.2) is 59.8 Å². The standard InChI is InChI=1S/C23H27N3O2S/c27-22(25-14-8-1-2-9-15-25)18-29-23-24-20-12-6-7-13-21(20)26(23)16-17-28-19-10-4-3-5-11-19/h3-7,10-13H,1-2,8-9,14-18H2. The van der Waals surface area contributed by atoms with Crippen LogP contribution in [0.5, 0.6) is 5.75 Å². The summed E-state index contributed by atoms with van der Waals surface area (Å²) < 4.78 is 8.05. The first kappa shape index (κ1) is 19.8. The number of carbonyl (C=O) groups is 1. The van der Waals surface area contributed by atoms with Crippen molar-refractivity contribution in [2.24, 2.45) is 0 Å². The predicted molar refractivity (Wildman–Crippen MR) is 117 cm³/mol. The molecule has 1 saturated heterocycles. The molecule has 1 fully saturated rings. The number of ether oxygens (including phenoxy) is 1. The Morgan fingerprint density at radius 2 is 1.69 bits per heavy atom. The van der Waals surface area contributed by atoms with E-state index in [-0.39, 0.29) is 5.91 Å². The molecule has 0 N–H and O–H groups in total. The van der Waals surface area contributed by atoms with E-state index in [0.717, 1.165) is 47.9 Å². The second kappa shape index (κ2) is 9.83. The molecule has 4 rings (SSSR count). The zero-order valence-electron chi connectivity index (χ0n) is 16.6. The molecule has 0 aliphatic carbocycles. The Bertz CT molecular complexity index is 934. The minimum atomic E-state index is 0.219. The van der Waals surface area contributed by atoms with Crippen molar-refractivity contribution in [1.29, 1.82) is 0 Å². The van der Waals surface area contributed by atoms with Crippen LogP contribution in [-0.2, 0) is 11.3 Å². The van der Waals surface area contributed by atoms with Crippen LogP contribution < -0.4 is 4.74 Å². The van der Waals surface area contributed by atoms with Crippen LogP contribution in [-0.4, -0.2) is 45.8 Å². The van der Waals surface area contributed by atoms with Gasteiger partial charge in [0.05, 0.1) is 23.3 Å². The first-order valence-electron chi connectivity index (χ1n) is 10.3. The molecule has 1 aliphatic rings. The van der Waals surface area contributed by atoms with Crippen LogP contribution in [0.25, 0.3) is 11.0 Å². The molecule has 6 heteroatoms. The zero-order valence-corrected chi connectivity index (χ0v) is 17.4. The Morgan fingerprint density at radius 1 is 0.966 bits per heavy atom. The van der Waals surface area contributed by atoms with Crippen molar-refractivity contribution >= 4 is 28.7 Å². The summed E-state index contributed by atoms with van der Waals surface area (Å²) >= 11 is 1.53. The fourth-order valence-electron chi connectivity index (χ4n) is 3.69. The highest BCUT2D eigenvalue weighted by molar-refractivity contribution is 7.99. The third-order valence-electron chi connectivity index (χ3n) is 5.23. The minimum absolute atomic E-state index is 0.219. The van der Waals surface area contributed by atoms with Crippen LogP contribution >= 0.6 is 11.8 Å². The summed E-state index contributed by atoms with van der Waals surface area (Å²) in [4.78, 5) is 19.5. The van der Waals surface area contributed by atoms with Crippen molar-refractivity contribution in [3.63, 3.8) is 0 Å². The quantitative estimate of drug-likeness (QED) is 0.535. The lowest BCUT2D eigenvalue weighted by Crippen LogP contribution is -2.33. The van der Waals surface area contributed by atoms with E-state index in [2.05, 4.69) is 10.6 Å². The Balaban J connectivity index is 1.43. The topological polar surface area (TPSA) is 47.4 Å². The Kier molecular flexibility index (Phi) is 6.72. The molecule has 0 radical (unpaired) electrons. The van der Waals surface area contributed by atoms with Crippen molar-refractivity contribution in [1.82, 2.24) is 14.5 Å². The molecule has 29 heavy (non-hydrogen) atoms. The maximum absolute atomic E-state index is 12.7. The van der Waals surface area contributed by atoms with Gasteiger partial charge < -0.3 is 14.2 Å². The Hall–Kier alpha value is -2.47. The van der Waals surface area contributed by atoms with Gasteiger partial charge in [0.25, 0.3) is 0 Å². The van der Waals surface area contributed by atoms with E-state index in [9.17, 15) is 4.79 Å². The number of carbonyl (C=O) groups excluding carboxylic acids is 1. The van der Waals surface area contributed by atoms with Crippen LogP contribution in [0.3, 0.4) is 0 Å². The molecule has 5 nitrogen and oxygen atoms in total. The number of rotatable bonds is 7. The molecule has 1 aliphatic heterocycles. The molecule has 2 heterocycles. The molecular weight excluding hydrogens is 382 g/mol. The summed E-state index contributed by atoms with van der Waals surface area (Å²) in [5.41, 5.74) is 2.03. The van der Waals surface area contributed by atoms with Gasteiger partial charge in [-0.25, -0.2) is 4.98 Å². The molecule has 1 amide bonds. The molecule has 1 aromatic heterocycles. The fraction of sp³-hybridized carbons (Fsp3) is 0.391. The largest absolute Gasteiger partial charge is 0.492 e. The number of hydrogen-bond acceptors (Lipinski definition) is 4. The number of nitrogens with zero attached hydrogens (tertiary/aromatic N) is 3. The second-order valence-corrected chi connectivity index (χ2v) is 8.22. The first-order valence-corrected chi connectivity index (χ1v) is 11.3. The molecule has 0 spiro atoms. The summed E-state index contributed by atoms with van der Waals surface area (Å²) in [5, 5.41) is 0.881. The van der Waals surface area contributed by atoms with Gasteiger partial charge in [-0.2, -0.15) is 0 Å². The van der Waals surface area contributed by atoms with E-state index < -0.39 is 0 Å². The average Bonchev–Trinajstić information content (AvgIpc) is 2.92. The smallest absolute Gasteiger partial charge is 0.233 e. The molecule has 0 atom stereocenters. The van der Waals surface area contributed by atoms with E-state index >= 15 is 0 Å². The van der Waals surface area contributed by atoms with Gasteiger partial charge in [-0.05, 0) is 37.1 Å². The summed E-state index contributed by atoms with van der Waals surface area (Å²) in [6.45, 7) is 3.02. The molecule has 0 bridgehead atoms. The highest BCUT2D eigenvalue weighted by atomic mass is 32.2. The van der Waals surface area contributed by atoms with Crippen molar-refractivity contribution in [3.8, 4) is 5.75 Å². The maximum atomic E-state index is 12.7. The van der Waals surface area contributed by atoms with E-state index in [0.29, 0.717) is 18.9 Å². The molecule has 152 valence electrons. The number of fused-ring (bicyclic) bond motifs is 1. The SMILES string of the molecule is O=C(CSc1nc2ccccc2n1CCOc1ccccc1)N1CCCCCC1. The summed E-state index contributed by atoms with van der Waals surface area (Å²) in [6.07, 6.45) is 4.69. The van der Waals surface area contributed by atoms with Gasteiger partial charge in [0, 0.05) is 13.1 Å². The summed E-state index contributed by atoms with van der Waals surface area (Å²) in [7, 11) is 0. The van der Waals surface area contributed by atoms with E-state index in [4.69, 9.17) is 9.72 Å². The van der Waals surface area contributed by atoms with Crippen LogP contribution in [0.2, 0.25) is 0 Å². The summed E-state index contributed by atoms with van der Waals surface area (Å²) in [6, 6.07) is 18.0. The molecule has 0 saturated carbocycles. The van der Waals surface area contributed by atoms with Gasteiger partial charge in [-0.3, -0.25) is 4.79 Å². The average molecular weight is 410 g/mol. The van der Waals surface area contributed by atoms with Gasteiger partial charge in [-0.1, -0.05) is 54.9 Å². The van der Waals surface area contributed by atoms with E-state index in [1.54, 1.807) is 0 Å². The number of imidazole rings is 1. The number of likely N-dealkylation sites (tertiary alicyclic amines) is 1. The normalized spacial score (nSPS) is 14.7. The molecule has 3 aromatic rings. The number of amides is 1. The van der Waals surface area contributed by atoms with Crippen LogP contribution in [0.1, 0.15) is 25.7 Å². The lowest BCUT2D eigenvalue weighted by Gasteiger charge is -2.20. The Labute approximate surface area is 176 Å². The fourth-order valence-corrected chi connectivity index (χ4v) is 4.63. The third kappa shape index (κ3) is 5.12. The molecular formula is C23H27N3O2S. The number of para-hydroxylation sites is 3. The van der Waals surface area contributed by atoms with Gasteiger partial charge in [-0.15, -0.1) is 0 Å². The monoisotopic (exact) mass is 409 g/mol. The van der Waals surface area contributed by atoms with Gasteiger partial charge in [0.2, 0.25) is 5.91 Å². The van der Waals surface area contributed by atoms with E-state index in [1.807, 2.05) is 53.4 Å². The summed E-state index contributed by atoms with van der Waals surface area (Å²) in [5.74, 6) is 1.52. The second-order valence-electron chi connectivity index (χ2n) is 7.28. The Morgan fingerprint density at radius 3 is 2.48 bits per heavy atom. The van der Waals surface area contributed by atoms with Gasteiger partial charge in [0.15, 0.2) is 5.16 Å². The lowest BCUT2D eigenvalue weighted by molar-refractivity contribution is -0.128. The third-order valence-corrected chi connectivity index (χ3v) is 6.19. The van der Waals surface area contributed by atoms with Crippen molar-refractivity contribution in [3.05, 3.63) is 54.6 Å². The first-order chi connectivity index (χ1) is 14.3. The number of hydrogen-bond donors (Lipinski definition) is 0. The minimum Gasteiger partial charge on any atom is -0.492 e. The number of thioether (sulfide) groups is 1. The number of benzene rings is 2. The van der Waals surface area contributed by atoms with Gasteiger partial charge in [0.1, 0.15) is 12.4 Å². The van der Waals surface area contributed by atoms with Crippen molar-refractivity contribution < 1.29 is 9.53 Å². The van der Waals surface area contributed by atoms with Crippen LogP contribution in [0, 0.1) is 0 Å². The van der Waals surface area contributed by atoms with Gasteiger partial charge >= 0.3 is 0 Å². The zero-order chi connectivity index (χ0) is 19.9. The highest BCUT2D eigenvalue weighted by Gasteiger charge is 2.18. The van der Waals surface area contributed by atoms with E-state index in [1.165, 1.54) is 24.6 Å².